The summed E-state index contributed by atoms with van der Waals surface area (Å²) in [7, 11) is 1.91. The molecule has 0 saturated heterocycles. The quantitative estimate of drug-likeness (QED) is 0.826. The third-order valence-corrected chi connectivity index (χ3v) is 4.61. The van der Waals surface area contributed by atoms with Crippen LogP contribution < -0.4 is 5.73 Å². The summed E-state index contributed by atoms with van der Waals surface area (Å²) in [6, 6.07) is 0.365. The van der Waals surface area contributed by atoms with E-state index >= 15 is 0 Å². The molecule has 0 spiro atoms. The van der Waals surface area contributed by atoms with Gasteiger partial charge in [-0.1, -0.05) is 6.42 Å². The molecular formula is C13H25ClN2O. The predicted molar refractivity (Wildman–Crippen MR) is 72.1 cm³/mol. The van der Waals surface area contributed by atoms with Crippen molar-refractivity contribution in [3.05, 3.63) is 0 Å². The largest absolute Gasteiger partial charge is 0.346 e. The van der Waals surface area contributed by atoms with Crippen molar-refractivity contribution in [2.75, 3.05) is 13.6 Å². The van der Waals surface area contributed by atoms with E-state index in [0.29, 0.717) is 23.8 Å². The first-order chi connectivity index (χ1) is 7.63. The minimum absolute atomic E-state index is 0. The maximum Gasteiger partial charge on any atom is 0.225 e. The highest BCUT2D eigenvalue weighted by atomic mass is 35.5. The van der Waals surface area contributed by atoms with Crippen molar-refractivity contribution < 1.29 is 4.79 Å². The third kappa shape index (κ3) is 2.94. The molecule has 0 aromatic rings. The van der Waals surface area contributed by atoms with Crippen molar-refractivity contribution >= 4 is 18.3 Å². The molecule has 0 aliphatic heterocycles. The molecule has 1 amide bonds. The SMILES string of the molecule is CCN(C)C(=O)C1CC2CCCC(C1)C2N.Cl. The van der Waals surface area contributed by atoms with Crippen LogP contribution in [0, 0.1) is 17.8 Å². The Kier molecular flexibility index (Phi) is 5.26. The Hall–Kier alpha value is -0.280. The Balaban J connectivity index is 0.00000144. The van der Waals surface area contributed by atoms with Crippen molar-refractivity contribution in [3.63, 3.8) is 0 Å². The lowest BCUT2D eigenvalue weighted by molar-refractivity contribution is -0.137. The third-order valence-electron chi connectivity index (χ3n) is 4.61. The van der Waals surface area contributed by atoms with Crippen LogP contribution in [0.3, 0.4) is 0 Å². The highest BCUT2D eigenvalue weighted by Crippen LogP contribution is 2.42. The zero-order valence-electron chi connectivity index (χ0n) is 10.9. The molecule has 0 heterocycles. The molecule has 2 rings (SSSR count). The zero-order chi connectivity index (χ0) is 11.7. The van der Waals surface area contributed by atoms with Crippen LogP contribution in [0.4, 0.5) is 0 Å². The molecule has 3 nitrogen and oxygen atoms in total. The van der Waals surface area contributed by atoms with E-state index < -0.39 is 0 Å². The van der Waals surface area contributed by atoms with Crippen LogP contribution in [0.25, 0.3) is 0 Å². The van der Waals surface area contributed by atoms with Gasteiger partial charge in [-0.3, -0.25) is 4.79 Å². The van der Waals surface area contributed by atoms with Gasteiger partial charge in [0, 0.05) is 25.6 Å². The first-order valence-electron chi connectivity index (χ1n) is 6.64. The van der Waals surface area contributed by atoms with Crippen LogP contribution in [-0.2, 0) is 4.79 Å². The standard InChI is InChI=1S/C13H24N2O.ClH/c1-3-15(2)13(16)11-7-9-5-4-6-10(8-11)12(9)14;/h9-12H,3-8,14H2,1-2H3;1H. The van der Waals surface area contributed by atoms with Gasteiger partial charge in [0.05, 0.1) is 0 Å². The van der Waals surface area contributed by atoms with E-state index in [-0.39, 0.29) is 18.3 Å². The average molecular weight is 261 g/mol. The van der Waals surface area contributed by atoms with Crippen LogP contribution in [0.5, 0.6) is 0 Å². The molecule has 2 aliphatic rings. The highest BCUT2D eigenvalue weighted by Gasteiger charge is 2.40. The molecule has 0 aromatic carbocycles. The highest BCUT2D eigenvalue weighted by molar-refractivity contribution is 5.85. The average Bonchev–Trinajstić information content (AvgIpc) is 2.26. The number of nitrogens with zero attached hydrogens (tertiary/aromatic N) is 1. The normalized spacial score (nSPS) is 35.9. The molecule has 100 valence electrons. The van der Waals surface area contributed by atoms with Gasteiger partial charge in [-0.15, -0.1) is 12.4 Å². The number of carbonyl (C=O) groups excluding carboxylic acids is 1. The Morgan fingerprint density at radius 3 is 2.29 bits per heavy atom. The van der Waals surface area contributed by atoms with Crippen molar-refractivity contribution in [2.45, 2.75) is 45.1 Å². The van der Waals surface area contributed by atoms with E-state index in [1.54, 1.807) is 0 Å². The van der Waals surface area contributed by atoms with Gasteiger partial charge in [0.1, 0.15) is 0 Å². The van der Waals surface area contributed by atoms with E-state index in [0.717, 1.165) is 19.4 Å². The molecule has 4 heteroatoms. The van der Waals surface area contributed by atoms with Crippen LogP contribution >= 0.6 is 12.4 Å². The summed E-state index contributed by atoms with van der Waals surface area (Å²) >= 11 is 0. The first-order valence-corrected chi connectivity index (χ1v) is 6.64. The second kappa shape index (κ2) is 6.05. The van der Waals surface area contributed by atoms with Crippen molar-refractivity contribution in [2.24, 2.45) is 23.5 Å². The van der Waals surface area contributed by atoms with Crippen LogP contribution in [0.2, 0.25) is 0 Å². The summed E-state index contributed by atoms with van der Waals surface area (Å²) in [6.45, 7) is 2.85. The summed E-state index contributed by atoms with van der Waals surface area (Å²) in [5.41, 5.74) is 6.23. The zero-order valence-corrected chi connectivity index (χ0v) is 11.7. The number of carbonyl (C=O) groups is 1. The summed E-state index contributed by atoms with van der Waals surface area (Å²) in [4.78, 5) is 14.0. The summed E-state index contributed by atoms with van der Waals surface area (Å²) in [6.07, 6.45) is 5.84. The predicted octanol–water partition coefficient (Wildman–Crippen LogP) is 2.04. The fourth-order valence-electron chi connectivity index (χ4n) is 3.46. The molecule has 2 saturated carbocycles. The monoisotopic (exact) mass is 260 g/mol. The Morgan fingerprint density at radius 2 is 1.82 bits per heavy atom. The van der Waals surface area contributed by atoms with Crippen LogP contribution in [0.15, 0.2) is 0 Å². The Bertz CT molecular complexity index is 258. The number of halogens is 1. The van der Waals surface area contributed by atoms with E-state index in [4.69, 9.17) is 5.73 Å². The van der Waals surface area contributed by atoms with E-state index in [1.807, 2.05) is 18.9 Å². The van der Waals surface area contributed by atoms with E-state index in [2.05, 4.69) is 0 Å². The maximum atomic E-state index is 12.2. The van der Waals surface area contributed by atoms with Crippen LogP contribution in [-0.4, -0.2) is 30.4 Å². The summed E-state index contributed by atoms with van der Waals surface area (Å²) in [5.74, 6) is 1.80. The molecule has 2 bridgehead atoms. The molecule has 2 unspecified atom stereocenters. The number of amides is 1. The second-order valence-electron chi connectivity index (χ2n) is 5.55. The number of rotatable bonds is 2. The van der Waals surface area contributed by atoms with Crippen molar-refractivity contribution in [1.82, 2.24) is 4.90 Å². The number of hydrogen-bond donors (Lipinski definition) is 1. The van der Waals surface area contributed by atoms with E-state index in [9.17, 15) is 4.79 Å². The van der Waals surface area contributed by atoms with Gasteiger partial charge in [-0.2, -0.15) is 0 Å². The molecule has 0 aromatic heterocycles. The van der Waals surface area contributed by atoms with Crippen molar-refractivity contribution in [3.8, 4) is 0 Å². The lowest BCUT2D eigenvalue weighted by Gasteiger charge is -2.44. The Labute approximate surface area is 111 Å². The molecule has 2 atom stereocenters. The van der Waals surface area contributed by atoms with Crippen molar-refractivity contribution in [1.29, 1.82) is 0 Å². The minimum atomic E-state index is 0. The van der Waals surface area contributed by atoms with Crippen LogP contribution in [0.1, 0.15) is 39.0 Å². The fraction of sp³-hybridized carbons (Fsp3) is 0.923. The van der Waals surface area contributed by atoms with Gasteiger partial charge >= 0.3 is 0 Å². The van der Waals surface area contributed by atoms with E-state index in [1.165, 1.54) is 19.3 Å². The minimum Gasteiger partial charge on any atom is -0.346 e. The second-order valence-corrected chi connectivity index (χ2v) is 5.55. The fourth-order valence-corrected chi connectivity index (χ4v) is 3.46. The summed E-state index contributed by atoms with van der Waals surface area (Å²) in [5, 5.41) is 0. The van der Waals surface area contributed by atoms with Gasteiger partial charge in [-0.05, 0) is 44.4 Å². The molecule has 17 heavy (non-hydrogen) atoms. The number of fused-ring (bicyclic) bond motifs is 2. The Morgan fingerprint density at radius 1 is 1.29 bits per heavy atom. The molecule has 2 aliphatic carbocycles. The maximum absolute atomic E-state index is 12.2. The lowest BCUT2D eigenvalue weighted by Crippen LogP contribution is -2.49. The molecule has 0 radical (unpaired) electrons. The van der Waals surface area contributed by atoms with Gasteiger partial charge in [0.25, 0.3) is 0 Å². The summed E-state index contributed by atoms with van der Waals surface area (Å²) < 4.78 is 0. The first kappa shape index (κ1) is 14.8. The smallest absolute Gasteiger partial charge is 0.225 e. The number of nitrogens with two attached hydrogens (primary N) is 1. The number of hydrogen-bond acceptors (Lipinski definition) is 2. The lowest BCUT2D eigenvalue weighted by atomic mass is 9.65. The molecular weight excluding hydrogens is 236 g/mol. The van der Waals surface area contributed by atoms with Gasteiger partial charge in [0.15, 0.2) is 0 Å². The van der Waals surface area contributed by atoms with Gasteiger partial charge in [0.2, 0.25) is 5.91 Å². The molecule has 2 fully saturated rings. The van der Waals surface area contributed by atoms with Gasteiger partial charge in [-0.25, -0.2) is 0 Å². The topological polar surface area (TPSA) is 46.3 Å². The van der Waals surface area contributed by atoms with Gasteiger partial charge < -0.3 is 10.6 Å². The molecule has 2 N–H and O–H groups in total.